The van der Waals surface area contributed by atoms with Gasteiger partial charge in [0.15, 0.2) is 5.17 Å². The van der Waals surface area contributed by atoms with Crippen LogP contribution in [-0.4, -0.2) is 45.2 Å². The molecule has 1 amide bonds. The number of hydrogen-bond donors (Lipinski definition) is 0. The molecule has 0 saturated carbocycles. The van der Waals surface area contributed by atoms with E-state index in [0.717, 1.165) is 36.0 Å². The lowest BCUT2D eigenvalue weighted by atomic mass is 10.1. The summed E-state index contributed by atoms with van der Waals surface area (Å²) in [5.41, 5.74) is 0.632. The molecule has 0 aromatic heterocycles. The third-order valence-electron chi connectivity index (χ3n) is 4.24. The fourth-order valence-electron chi connectivity index (χ4n) is 2.70. The number of carbonyl (C=O) groups is 1. The van der Waals surface area contributed by atoms with Crippen LogP contribution in [0.15, 0.2) is 56.7 Å². The number of amides is 1. The van der Waals surface area contributed by atoms with Crippen molar-refractivity contribution in [3.05, 3.63) is 58.8 Å². The topological polar surface area (TPSA) is 85.3 Å². The van der Waals surface area contributed by atoms with Crippen molar-refractivity contribution in [2.45, 2.75) is 11.8 Å². The van der Waals surface area contributed by atoms with Crippen LogP contribution in [0.2, 0.25) is 0 Å². The van der Waals surface area contributed by atoms with Gasteiger partial charge in [-0.3, -0.25) is 9.69 Å². The van der Waals surface area contributed by atoms with Crippen LogP contribution in [-0.2, 0) is 14.8 Å². The van der Waals surface area contributed by atoms with Gasteiger partial charge in [-0.15, -0.1) is 4.40 Å². The number of amidine groups is 1. The van der Waals surface area contributed by atoms with Crippen LogP contribution in [0.4, 0.5) is 4.39 Å². The minimum Gasteiger partial charge on any atom is -0.497 e. The highest BCUT2D eigenvalue weighted by molar-refractivity contribution is 8.19. The van der Waals surface area contributed by atoms with Crippen LogP contribution in [0.3, 0.4) is 0 Å². The van der Waals surface area contributed by atoms with E-state index in [4.69, 9.17) is 9.47 Å². The highest BCUT2D eigenvalue weighted by Crippen LogP contribution is 2.36. The largest absolute Gasteiger partial charge is 0.497 e. The van der Waals surface area contributed by atoms with E-state index in [1.54, 1.807) is 31.2 Å². The zero-order chi connectivity index (χ0) is 21.9. The molecule has 1 aliphatic heterocycles. The first-order chi connectivity index (χ1) is 14.3. The molecule has 0 N–H and O–H groups in total. The van der Waals surface area contributed by atoms with Crippen LogP contribution < -0.4 is 9.47 Å². The molecule has 0 spiro atoms. The molecule has 0 unspecified atom stereocenters. The van der Waals surface area contributed by atoms with Gasteiger partial charge in [0.1, 0.15) is 17.3 Å². The van der Waals surface area contributed by atoms with Crippen LogP contribution in [0.1, 0.15) is 12.5 Å². The highest BCUT2D eigenvalue weighted by atomic mass is 32.2. The van der Waals surface area contributed by atoms with Crippen LogP contribution >= 0.6 is 11.8 Å². The van der Waals surface area contributed by atoms with Gasteiger partial charge in [0, 0.05) is 18.2 Å². The van der Waals surface area contributed by atoms with Crippen molar-refractivity contribution >= 4 is 38.9 Å². The zero-order valence-electron chi connectivity index (χ0n) is 16.5. The van der Waals surface area contributed by atoms with Gasteiger partial charge in [0.2, 0.25) is 0 Å². The van der Waals surface area contributed by atoms with Crippen molar-refractivity contribution in [3.8, 4) is 11.5 Å². The van der Waals surface area contributed by atoms with E-state index >= 15 is 0 Å². The summed E-state index contributed by atoms with van der Waals surface area (Å²) in [5.74, 6) is 0.180. The summed E-state index contributed by atoms with van der Waals surface area (Å²) in [6.45, 7) is 1.95. The molecule has 2 aromatic carbocycles. The molecule has 1 saturated heterocycles. The lowest BCUT2D eigenvalue weighted by molar-refractivity contribution is -0.122. The maximum Gasteiger partial charge on any atom is 0.284 e. The second-order valence-electron chi connectivity index (χ2n) is 6.07. The molecule has 0 radical (unpaired) electrons. The first-order valence-electron chi connectivity index (χ1n) is 8.83. The molecular weight excluding hydrogens is 431 g/mol. The first-order valence-corrected chi connectivity index (χ1v) is 11.1. The molecule has 1 fully saturated rings. The number of carbonyl (C=O) groups excluding carboxylic acids is 1. The van der Waals surface area contributed by atoms with E-state index in [9.17, 15) is 17.6 Å². The Morgan fingerprint density at radius 1 is 1.13 bits per heavy atom. The summed E-state index contributed by atoms with van der Waals surface area (Å²) in [7, 11) is -1.07. The van der Waals surface area contributed by atoms with Crippen molar-refractivity contribution < 1.29 is 27.1 Å². The van der Waals surface area contributed by atoms with Crippen LogP contribution in [0.5, 0.6) is 11.5 Å². The maximum atomic E-state index is 13.1. The fourth-order valence-corrected chi connectivity index (χ4v) is 4.93. The van der Waals surface area contributed by atoms with Crippen molar-refractivity contribution in [2.24, 2.45) is 4.40 Å². The third kappa shape index (κ3) is 4.49. The monoisotopic (exact) mass is 450 g/mol. The number of thioether (sulfide) groups is 1. The Balaban J connectivity index is 1.98. The summed E-state index contributed by atoms with van der Waals surface area (Å²) in [5, 5.41) is 0.0329. The second-order valence-corrected chi connectivity index (χ2v) is 8.68. The average Bonchev–Trinajstić information content (AvgIpc) is 3.01. The van der Waals surface area contributed by atoms with Crippen LogP contribution in [0.25, 0.3) is 6.08 Å². The van der Waals surface area contributed by atoms with Gasteiger partial charge in [-0.25, -0.2) is 4.39 Å². The van der Waals surface area contributed by atoms with E-state index in [1.165, 1.54) is 19.1 Å². The minimum absolute atomic E-state index is 0.0329. The Bertz CT molecular complexity index is 1130. The number of ether oxygens (including phenoxy) is 2. The van der Waals surface area contributed by atoms with E-state index < -0.39 is 15.8 Å². The standard InChI is InChI=1S/C20H19FN2O5S2/c1-4-23-19(24)18(11-13-5-8-15(27-2)12-17(13)28-3)29-20(23)22-30(25,26)16-9-6-14(21)7-10-16/h5-12H,4H2,1-3H3/b18-11-,22-20-. The molecule has 30 heavy (non-hydrogen) atoms. The molecule has 0 aliphatic carbocycles. The molecule has 2 aromatic rings. The van der Waals surface area contributed by atoms with E-state index in [-0.39, 0.29) is 22.5 Å². The number of hydrogen-bond acceptors (Lipinski definition) is 6. The zero-order valence-corrected chi connectivity index (χ0v) is 18.1. The van der Waals surface area contributed by atoms with Gasteiger partial charge in [-0.2, -0.15) is 8.42 Å². The van der Waals surface area contributed by atoms with Gasteiger partial charge in [0.25, 0.3) is 15.9 Å². The summed E-state index contributed by atoms with van der Waals surface area (Å²) in [6, 6.07) is 9.49. The Labute approximate surface area is 178 Å². The summed E-state index contributed by atoms with van der Waals surface area (Å²) < 4.78 is 52.6. The van der Waals surface area contributed by atoms with Gasteiger partial charge in [-0.05, 0) is 61.2 Å². The molecule has 7 nitrogen and oxygen atoms in total. The molecular formula is C20H19FN2O5S2. The van der Waals surface area contributed by atoms with Gasteiger partial charge < -0.3 is 9.47 Å². The predicted molar refractivity (Wildman–Crippen MR) is 114 cm³/mol. The lowest BCUT2D eigenvalue weighted by Gasteiger charge is -2.12. The number of sulfonamides is 1. The van der Waals surface area contributed by atoms with Crippen molar-refractivity contribution in [1.82, 2.24) is 4.90 Å². The summed E-state index contributed by atoms with van der Waals surface area (Å²) in [6.07, 6.45) is 1.61. The normalized spacial score (nSPS) is 17.1. The second kappa shape index (κ2) is 8.88. The lowest BCUT2D eigenvalue weighted by Crippen LogP contribution is -2.29. The molecule has 10 heteroatoms. The number of likely N-dealkylation sites (N-methyl/N-ethyl adjacent to an activating group) is 1. The number of halogens is 1. The number of rotatable bonds is 6. The van der Waals surface area contributed by atoms with Crippen molar-refractivity contribution in [2.75, 3.05) is 20.8 Å². The average molecular weight is 451 g/mol. The molecule has 3 rings (SSSR count). The van der Waals surface area contributed by atoms with Crippen LogP contribution in [0, 0.1) is 5.82 Å². The predicted octanol–water partition coefficient (Wildman–Crippen LogP) is 3.52. The first kappa shape index (κ1) is 21.8. The Hall–Kier alpha value is -2.85. The Morgan fingerprint density at radius 2 is 1.83 bits per heavy atom. The van der Waals surface area contributed by atoms with E-state index in [1.807, 2.05) is 0 Å². The minimum atomic E-state index is -4.11. The molecule has 0 bridgehead atoms. The molecule has 0 atom stereocenters. The number of methoxy groups -OCH3 is 2. The maximum absolute atomic E-state index is 13.1. The quantitative estimate of drug-likeness (QED) is 0.626. The van der Waals surface area contributed by atoms with Gasteiger partial charge >= 0.3 is 0 Å². The van der Waals surface area contributed by atoms with Gasteiger partial charge in [-0.1, -0.05) is 0 Å². The third-order valence-corrected chi connectivity index (χ3v) is 6.64. The molecule has 1 aliphatic rings. The highest BCUT2D eigenvalue weighted by Gasteiger charge is 2.34. The van der Waals surface area contributed by atoms with E-state index in [0.29, 0.717) is 22.0 Å². The van der Waals surface area contributed by atoms with Crippen molar-refractivity contribution in [1.29, 1.82) is 0 Å². The SMILES string of the molecule is CCN1C(=O)/C(=C/c2ccc(OC)cc2OC)S/C1=N\S(=O)(=O)c1ccc(F)cc1. The Morgan fingerprint density at radius 3 is 2.43 bits per heavy atom. The smallest absolute Gasteiger partial charge is 0.284 e. The van der Waals surface area contributed by atoms with Crippen molar-refractivity contribution in [3.63, 3.8) is 0 Å². The summed E-state index contributed by atoms with van der Waals surface area (Å²) in [4.78, 5) is 14.2. The Kier molecular flexibility index (Phi) is 6.47. The molecule has 1 heterocycles. The van der Waals surface area contributed by atoms with Gasteiger partial charge in [0.05, 0.1) is 24.0 Å². The fraction of sp³-hybridized carbons (Fsp3) is 0.200. The number of nitrogens with zero attached hydrogens (tertiary/aromatic N) is 2. The molecule has 158 valence electrons. The van der Waals surface area contributed by atoms with E-state index in [2.05, 4.69) is 4.40 Å². The number of benzene rings is 2. The summed E-state index contributed by atoms with van der Waals surface area (Å²) >= 11 is 0.948.